The molecule has 0 spiro atoms. The van der Waals surface area contributed by atoms with Gasteiger partial charge in [0.05, 0.1) is 19.3 Å². The maximum atomic E-state index is 9.10. The fourth-order valence-corrected chi connectivity index (χ4v) is 2.48. The van der Waals surface area contributed by atoms with Gasteiger partial charge >= 0.3 is 0 Å². The number of halogens is 1. The second kappa shape index (κ2) is 5.95. The maximum absolute atomic E-state index is 9.10. The number of oxazole rings is 1. The van der Waals surface area contributed by atoms with Gasteiger partial charge in [-0.1, -0.05) is 23.7 Å². The van der Waals surface area contributed by atoms with Crippen LogP contribution in [0.5, 0.6) is 0 Å². The molecule has 0 amide bonds. The molecule has 1 aliphatic carbocycles. The van der Waals surface area contributed by atoms with Crippen LogP contribution in [0.3, 0.4) is 0 Å². The molecule has 3 rings (SSSR count). The minimum atomic E-state index is 0.165. The van der Waals surface area contributed by atoms with Crippen LogP contribution in [0.1, 0.15) is 18.7 Å². The van der Waals surface area contributed by atoms with Gasteiger partial charge in [0.25, 0.3) is 0 Å². The summed E-state index contributed by atoms with van der Waals surface area (Å²) in [5.41, 5.74) is 0.927. The molecule has 1 heterocycles. The number of rotatable bonds is 6. The first-order valence-electron chi connectivity index (χ1n) is 6.82. The van der Waals surface area contributed by atoms with Crippen LogP contribution in [-0.4, -0.2) is 34.2 Å². The van der Waals surface area contributed by atoms with Crippen LogP contribution >= 0.6 is 11.6 Å². The SMILES string of the molecule is OCCN(Cc1ncc(-c2cccc(Cl)c2)o1)C1CC1. The fourth-order valence-electron chi connectivity index (χ4n) is 2.29. The van der Waals surface area contributed by atoms with Crippen molar-refractivity contribution in [3.63, 3.8) is 0 Å². The molecule has 1 aromatic heterocycles. The summed E-state index contributed by atoms with van der Waals surface area (Å²) in [6.45, 7) is 1.48. The Morgan fingerprint density at radius 1 is 1.40 bits per heavy atom. The first kappa shape index (κ1) is 13.6. The van der Waals surface area contributed by atoms with E-state index in [1.165, 1.54) is 12.8 Å². The quantitative estimate of drug-likeness (QED) is 0.889. The molecule has 0 atom stereocenters. The van der Waals surface area contributed by atoms with E-state index in [2.05, 4.69) is 9.88 Å². The molecule has 1 N–H and O–H groups in total. The largest absolute Gasteiger partial charge is 0.439 e. The third kappa shape index (κ3) is 3.20. The summed E-state index contributed by atoms with van der Waals surface area (Å²) in [7, 11) is 0. The number of benzene rings is 1. The summed E-state index contributed by atoms with van der Waals surface area (Å²) in [5.74, 6) is 1.41. The van der Waals surface area contributed by atoms with Crippen LogP contribution in [0, 0.1) is 0 Å². The van der Waals surface area contributed by atoms with E-state index in [0.29, 0.717) is 30.0 Å². The summed E-state index contributed by atoms with van der Waals surface area (Å²) < 4.78 is 5.79. The first-order chi connectivity index (χ1) is 9.76. The molecule has 106 valence electrons. The van der Waals surface area contributed by atoms with E-state index in [1.54, 1.807) is 6.20 Å². The molecule has 20 heavy (non-hydrogen) atoms. The van der Waals surface area contributed by atoms with Gasteiger partial charge in [0.1, 0.15) is 0 Å². The minimum Gasteiger partial charge on any atom is -0.439 e. The Morgan fingerprint density at radius 2 is 2.25 bits per heavy atom. The van der Waals surface area contributed by atoms with E-state index in [4.69, 9.17) is 21.1 Å². The highest BCUT2D eigenvalue weighted by Gasteiger charge is 2.29. The zero-order chi connectivity index (χ0) is 13.9. The van der Waals surface area contributed by atoms with E-state index >= 15 is 0 Å². The maximum Gasteiger partial charge on any atom is 0.209 e. The number of aliphatic hydroxyl groups is 1. The molecule has 0 bridgehead atoms. The molecule has 1 aliphatic rings. The Kier molecular flexibility index (Phi) is 4.05. The number of hydrogen-bond acceptors (Lipinski definition) is 4. The van der Waals surface area contributed by atoms with Crippen LogP contribution in [-0.2, 0) is 6.54 Å². The van der Waals surface area contributed by atoms with Crippen molar-refractivity contribution in [3.05, 3.63) is 41.4 Å². The fraction of sp³-hybridized carbons (Fsp3) is 0.400. The average Bonchev–Trinajstić information content (AvgIpc) is 3.18. The lowest BCUT2D eigenvalue weighted by Crippen LogP contribution is -2.28. The Labute approximate surface area is 123 Å². The Balaban J connectivity index is 1.73. The van der Waals surface area contributed by atoms with Gasteiger partial charge in [-0.15, -0.1) is 0 Å². The number of aromatic nitrogens is 1. The van der Waals surface area contributed by atoms with Gasteiger partial charge in [0.2, 0.25) is 5.89 Å². The van der Waals surface area contributed by atoms with Gasteiger partial charge in [0.15, 0.2) is 5.76 Å². The van der Waals surface area contributed by atoms with E-state index in [1.807, 2.05) is 24.3 Å². The predicted octanol–water partition coefficient (Wildman–Crippen LogP) is 2.95. The molecule has 5 heteroatoms. The van der Waals surface area contributed by atoms with E-state index in [-0.39, 0.29) is 6.61 Å². The van der Waals surface area contributed by atoms with Crippen molar-refractivity contribution >= 4 is 11.6 Å². The summed E-state index contributed by atoms with van der Waals surface area (Å²) >= 11 is 5.98. The highest BCUT2D eigenvalue weighted by molar-refractivity contribution is 6.30. The molecule has 0 unspecified atom stereocenters. The van der Waals surface area contributed by atoms with E-state index < -0.39 is 0 Å². The van der Waals surface area contributed by atoms with Gasteiger partial charge in [-0.2, -0.15) is 0 Å². The van der Waals surface area contributed by atoms with Gasteiger partial charge in [-0.05, 0) is 25.0 Å². The van der Waals surface area contributed by atoms with Crippen LogP contribution in [0.25, 0.3) is 11.3 Å². The molecular weight excluding hydrogens is 276 g/mol. The zero-order valence-electron chi connectivity index (χ0n) is 11.1. The topological polar surface area (TPSA) is 49.5 Å². The average molecular weight is 293 g/mol. The Hall–Kier alpha value is -1.36. The van der Waals surface area contributed by atoms with Crippen molar-refractivity contribution in [3.8, 4) is 11.3 Å². The van der Waals surface area contributed by atoms with Crippen molar-refractivity contribution in [2.24, 2.45) is 0 Å². The lowest BCUT2D eigenvalue weighted by Gasteiger charge is -2.18. The molecular formula is C15H17ClN2O2. The monoisotopic (exact) mass is 292 g/mol. The molecule has 4 nitrogen and oxygen atoms in total. The lowest BCUT2D eigenvalue weighted by molar-refractivity contribution is 0.172. The highest BCUT2D eigenvalue weighted by Crippen LogP contribution is 2.29. The normalized spacial score (nSPS) is 14.9. The third-order valence-corrected chi connectivity index (χ3v) is 3.69. The highest BCUT2D eigenvalue weighted by atomic mass is 35.5. The van der Waals surface area contributed by atoms with Crippen molar-refractivity contribution in [2.75, 3.05) is 13.2 Å². The van der Waals surface area contributed by atoms with Crippen molar-refractivity contribution in [1.82, 2.24) is 9.88 Å². The number of aliphatic hydroxyl groups excluding tert-OH is 1. The lowest BCUT2D eigenvalue weighted by atomic mass is 10.2. The van der Waals surface area contributed by atoms with E-state index in [0.717, 1.165) is 11.3 Å². The van der Waals surface area contributed by atoms with Crippen LogP contribution < -0.4 is 0 Å². The predicted molar refractivity (Wildman–Crippen MR) is 77.5 cm³/mol. The summed E-state index contributed by atoms with van der Waals surface area (Å²) in [6, 6.07) is 8.10. The van der Waals surface area contributed by atoms with Gasteiger partial charge in [0, 0.05) is 23.2 Å². The molecule has 1 fully saturated rings. The van der Waals surface area contributed by atoms with Crippen molar-refractivity contribution in [2.45, 2.75) is 25.4 Å². The number of hydrogen-bond donors (Lipinski definition) is 1. The van der Waals surface area contributed by atoms with Crippen LogP contribution in [0.4, 0.5) is 0 Å². The van der Waals surface area contributed by atoms with Crippen molar-refractivity contribution < 1.29 is 9.52 Å². The zero-order valence-corrected chi connectivity index (χ0v) is 11.9. The molecule has 2 aromatic rings. The summed E-state index contributed by atoms with van der Waals surface area (Å²) in [5, 5.41) is 9.78. The van der Waals surface area contributed by atoms with Gasteiger partial charge in [-0.25, -0.2) is 4.98 Å². The van der Waals surface area contributed by atoms with Crippen LogP contribution in [0.2, 0.25) is 5.02 Å². The summed E-state index contributed by atoms with van der Waals surface area (Å²) in [6.07, 6.45) is 4.12. The standard InChI is InChI=1S/C15H17ClN2O2/c16-12-3-1-2-11(8-12)14-9-17-15(20-14)10-18(6-7-19)13-4-5-13/h1-3,8-9,13,19H,4-7,10H2. The minimum absolute atomic E-state index is 0.165. The van der Waals surface area contributed by atoms with Gasteiger partial charge < -0.3 is 9.52 Å². The molecule has 0 radical (unpaired) electrons. The Morgan fingerprint density at radius 3 is 2.95 bits per heavy atom. The molecule has 1 aromatic carbocycles. The van der Waals surface area contributed by atoms with Crippen LogP contribution in [0.15, 0.2) is 34.9 Å². The Bertz CT molecular complexity index is 581. The smallest absolute Gasteiger partial charge is 0.209 e. The second-order valence-corrected chi connectivity index (χ2v) is 5.49. The first-order valence-corrected chi connectivity index (χ1v) is 7.19. The number of nitrogens with zero attached hydrogens (tertiary/aromatic N) is 2. The molecule has 1 saturated carbocycles. The summed E-state index contributed by atoms with van der Waals surface area (Å²) in [4.78, 5) is 6.54. The third-order valence-electron chi connectivity index (χ3n) is 3.45. The van der Waals surface area contributed by atoms with Crippen molar-refractivity contribution in [1.29, 1.82) is 0 Å². The molecule has 0 aliphatic heterocycles. The van der Waals surface area contributed by atoms with E-state index in [9.17, 15) is 0 Å². The van der Waals surface area contributed by atoms with Gasteiger partial charge in [-0.3, -0.25) is 4.90 Å². The second-order valence-electron chi connectivity index (χ2n) is 5.05. The molecule has 0 saturated heterocycles.